The zero-order valence-corrected chi connectivity index (χ0v) is 15.5. The molecule has 0 unspecified atom stereocenters. The number of aliphatic imine (C=N–C) groups is 1. The van der Waals surface area contributed by atoms with E-state index in [9.17, 15) is 8.78 Å². The number of nitrogens with zero attached hydrogens (tertiary/aromatic N) is 2. The van der Waals surface area contributed by atoms with Crippen LogP contribution in [0.5, 0.6) is 0 Å². The lowest BCUT2D eigenvalue weighted by Crippen LogP contribution is -2.49. The minimum atomic E-state index is -0.798. The van der Waals surface area contributed by atoms with Crippen LogP contribution >= 0.6 is 0 Å². The summed E-state index contributed by atoms with van der Waals surface area (Å²) in [6.07, 6.45) is 2.59. The summed E-state index contributed by atoms with van der Waals surface area (Å²) in [5.74, 6) is -0.140. The molecule has 25 heavy (non-hydrogen) atoms. The lowest BCUT2D eigenvalue weighted by Gasteiger charge is -2.34. The second-order valence-corrected chi connectivity index (χ2v) is 7.07. The highest BCUT2D eigenvalue weighted by atomic mass is 19.2. The van der Waals surface area contributed by atoms with Gasteiger partial charge in [0.05, 0.1) is 0 Å². The maximum absolute atomic E-state index is 13.7. The van der Waals surface area contributed by atoms with Crippen LogP contribution in [-0.4, -0.2) is 50.1 Å². The molecule has 2 N–H and O–H groups in total. The van der Waals surface area contributed by atoms with Gasteiger partial charge >= 0.3 is 0 Å². The molecule has 1 aliphatic heterocycles. The van der Waals surface area contributed by atoms with Gasteiger partial charge in [0.1, 0.15) is 0 Å². The lowest BCUT2D eigenvalue weighted by atomic mass is 10.0. The van der Waals surface area contributed by atoms with Gasteiger partial charge in [-0.05, 0) is 36.8 Å². The smallest absolute Gasteiger partial charge is 0.191 e. The van der Waals surface area contributed by atoms with Crippen molar-refractivity contribution in [2.24, 2.45) is 10.9 Å². The van der Waals surface area contributed by atoms with E-state index in [0.717, 1.165) is 44.5 Å². The van der Waals surface area contributed by atoms with Gasteiger partial charge in [0.15, 0.2) is 17.6 Å². The third-order valence-corrected chi connectivity index (χ3v) is 4.49. The molecule has 0 radical (unpaired) electrons. The van der Waals surface area contributed by atoms with Crippen molar-refractivity contribution in [2.45, 2.75) is 39.2 Å². The first-order valence-corrected chi connectivity index (χ1v) is 9.12. The Bertz CT molecular complexity index is 567. The zero-order valence-electron chi connectivity index (χ0n) is 15.5. The molecule has 1 aliphatic rings. The summed E-state index contributed by atoms with van der Waals surface area (Å²) >= 11 is 0. The zero-order chi connectivity index (χ0) is 18.2. The predicted molar refractivity (Wildman–Crippen MR) is 98.9 cm³/mol. The van der Waals surface area contributed by atoms with E-state index in [1.54, 1.807) is 13.1 Å². The molecule has 0 saturated carbocycles. The number of halogens is 2. The molecule has 0 aromatic heterocycles. The predicted octanol–water partition coefficient (Wildman–Crippen LogP) is 2.79. The van der Waals surface area contributed by atoms with E-state index in [4.69, 9.17) is 0 Å². The van der Waals surface area contributed by atoms with Crippen LogP contribution in [0.15, 0.2) is 23.2 Å². The molecule has 2 rings (SSSR count). The van der Waals surface area contributed by atoms with Crippen molar-refractivity contribution in [3.8, 4) is 0 Å². The van der Waals surface area contributed by atoms with Crippen LogP contribution in [-0.2, 0) is 6.42 Å². The van der Waals surface area contributed by atoms with Crippen molar-refractivity contribution in [1.82, 2.24) is 15.5 Å². The number of benzene rings is 1. The summed E-state index contributed by atoms with van der Waals surface area (Å²) in [7, 11) is 1.73. The van der Waals surface area contributed by atoms with E-state index < -0.39 is 11.6 Å². The lowest BCUT2D eigenvalue weighted by molar-refractivity contribution is 0.187. The first kappa shape index (κ1) is 19.6. The van der Waals surface area contributed by atoms with Gasteiger partial charge in [0.25, 0.3) is 0 Å². The van der Waals surface area contributed by atoms with Crippen LogP contribution in [0.25, 0.3) is 0 Å². The third kappa shape index (κ3) is 6.27. The molecule has 1 aromatic rings. The second-order valence-electron chi connectivity index (χ2n) is 7.07. The number of likely N-dealkylation sites (tertiary alicyclic amines) is 1. The number of nitrogens with one attached hydrogen (secondary N) is 2. The normalized spacial score (nSPS) is 17.1. The van der Waals surface area contributed by atoms with Crippen LogP contribution in [0.4, 0.5) is 8.78 Å². The molecular weight excluding hydrogens is 322 g/mol. The summed E-state index contributed by atoms with van der Waals surface area (Å²) in [6, 6.07) is 4.69. The quantitative estimate of drug-likeness (QED) is 0.611. The van der Waals surface area contributed by atoms with Gasteiger partial charge in [-0.1, -0.05) is 26.0 Å². The van der Waals surface area contributed by atoms with Crippen molar-refractivity contribution >= 4 is 5.96 Å². The fourth-order valence-corrected chi connectivity index (χ4v) is 3.22. The Hall–Kier alpha value is -1.69. The molecule has 0 aliphatic carbocycles. The molecular formula is C19H30F2N4. The number of guanidine groups is 1. The van der Waals surface area contributed by atoms with Gasteiger partial charge in [-0.25, -0.2) is 8.78 Å². The molecule has 0 atom stereocenters. The van der Waals surface area contributed by atoms with E-state index in [2.05, 4.69) is 34.4 Å². The van der Waals surface area contributed by atoms with Crippen molar-refractivity contribution in [3.05, 3.63) is 35.4 Å². The van der Waals surface area contributed by atoms with Crippen LogP contribution in [0, 0.1) is 17.6 Å². The standard InChI is InChI=1S/C19H30F2N4/c1-14(2)13-25-11-8-16(9-12-25)24-19(22-3)23-10-7-15-5-4-6-17(20)18(15)21/h4-6,14,16H,7-13H2,1-3H3,(H2,22,23,24). The van der Waals surface area contributed by atoms with Gasteiger partial charge in [-0.15, -0.1) is 0 Å². The Morgan fingerprint density at radius 3 is 2.64 bits per heavy atom. The highest BCUT2D eigenvalue weighted by Crippen LogP contribution is 2.13. The van der Waals surface area contributed by atoms with E-state index in [1.165, 1.54) is 6.07 Å². The highest BCUT2D eigenvalue weighted by molar-refractivity contribution is 5.79. The fraction of sp³-hybridized carbons (Fsp3) is 0.632. The van der Waals surface area contributed by atoms with Crippen molar-refractivity contribution < 1.29 is 8.78 Å². The fourth-order valence-electron chi connectivity index (χ4n) is 3.22. The maximum Gasteiger partial charge on any atom is 0.191 e. The second kappa shape index (κ2) is 9.70. The van der Waals surface area contributed by atoms with E-state index >= 15 is 0 Å². The minimum Gasteiger partial charge on any atom is -0.356 e. The summed E-state index contributed by atoms with van der Waals surface area (Å²) in [5, 5.41) is 6.63. The van der Waals surface area contributed by atoms with Gasteiger partial charge in [-0.3, -0.25) is 4.99 Å². The summed E-state index contributed by atoms with van der Waals surface area (Å²) in [4.78, 5) is 6.74. The average Bonchev–Trinajstić information content (AvgIpc) is 2.59. The van der Waals surface area contributed by atoms with Crippen LogP contribution < -0.4 is 10.6 Å². The molecule has 6 heteroatoms. The van der Waals surface area contributed by atoms with Crippen molar-refractivity contribution in [1.29, 1.82) is 0 Å². The molecule has 1 saturated heterocycles. The van der Waals surface area contributed by atoms with Gasteiger partial charge in [0, 0.05) is 39.3 Å². The van der Waals surface area contributed by atoms with Crippen molar-refractivity contribution in [3.63, 3.8) is 0 Å². The third-order valence-electron chi connectivity index (χ3n) is 4.49. The Balaban J connectivity index is 1.73. The first-order chi connectivity index (χ1) is 12.0. The largest absolute Gasteiger partial charge is 0.356 e. The van der Waals surface area contributed by atoms with Crippen molar-refractivity contribution in [2.75, 3.05) is 33.2 Å². The molecule has 0 amide bonds. The maximum atomic E-state index is 13.7. The van der Waals surface area contributed by atoms with E-state index in [-0.39, 0.29) is 0 Å². The highest BCUT2D eigenvalue weighted by Gasteiger charge is 2.20. The Morgan fingerprint density at radius 1 is 1.28 bits per heavy atom. The Kier molecular flexibility index (Phi) is 7.62. The molecule has 4 nitrogen and oxygen atoms in total. The SMILES string of the molecule is CN=C(NCCc1cccc(F)c1F)NC1CCN(CC(C)C)CC1. The van der Waals surface area contributed by atoms with Crippen LogP contribution in [0.3, 0.4) is 0 Å². The monoisotopic (exact) mass is 352 g/mol. The van der Waals surface area contributed by atoms with E-state index in [1.807, 2.05) is 0 Å². The topological polar surface area (TPSA) is 39.7 Å². The van der Waals surface area contributed by atoms with Gasteiger partial charge in [0.2, 0.25) is 0 Å². The Labute approximate surface area is 149 Å². The summed E-state index contributed by atoms with van der Waals surface area (Å²) < 4.78 is 26.9. The Morgan fingerprint density at radius 2 is 2.00 bits per heavy atom. The molecule has 1 heterocycles. The molecule has 140 valence electrons. The number of hydrogen-bond donors (Lipinski definition) is 2. The number of piperidine rings is 1. The molecule has 0 bridgehead atoms. The average molecular weight is 352 g/mol. The van der Waals surface area contributed by atoms with Gasteiger partial charge in [-0.2, -0.15) is 0 Å². The molecule has 0 spiro atoms. The summed E-state index contributed by atoms with van der Waals surface area (Å²) in [6.45, 7) is 8.35. The first-order valence-electron chi connectivity index (χ1n) is 9.12. The van der Waals surface area contributed by atoms with Crippen LogP contribution in [0.2, 0.25) is 0 Å². The molecule has 1 aromatic carbocycles. The van der Waals surface area contributed by atoms with Gasteiger partial charge < -0.3 is 15.5 Å². The van der Waals surface area contributed by atoms with Crippen LogP contribution in [0.1, 0.15) is 32.3 Å². The molecule has 1 fully saturated rings. The summed E-state index contributed by atoms with van der Waals surface area (Å²) in [5.41, 5.74) is 0.380. The van der Waals surface area contributed by atoms with E-state index in [0.29, 0.717) is 30.5 Å². The number of hydrogen-bond acceptors (Lipinski definition) is 2. The number of rotatable bonds is 6. The minimum absolute atomic E-state index is 0.380.